The van der Waals surface area contributed by atoms with Crippen molar-refractivity contribution < 1.29 is 0 Å². The van der Waals surface area contributed by atoms with Crippen LogP contribution in [0.4, 0.5) is 0 Å². The van der Waals surface area contributed by atoms with Gasteiger partial charge in [-0.2, -0.15) is 0 Å². The van der Waals surface area contributed by atoms with Crippen molar-refractivity contribution in [1.82, 2.24) is 4.98 Å². The van der Waals surface area contributed by atoms with Crippen LogP contribution < -0.4 is 5.73 Å². The number of nitrogens with two attached hydrogens (primary N) is 1. The first-order valence-corrected chi connectivity index (χ1v) is 4.03. The zero-order valence-corrected chi connectivity index (χ0v) is 7.58. The van der Waals surface area contributed by atoms with Crippen LogP contribution in [0.15, 0.2) is 35.6 Å². The number of hydrogen-bond donors (Lipinski definition) is 1. The Labute approximate surface area is 74.3 Å². The number of pyridine rings is 1. The van der Waals surface area contributed by atoms with Gasteiger partial charge >= 0.3 is 0 Å². The average molecular weight is 213 g/mol. The molecule has 2 nitrogen and oxygen atoms in total. The van der Waals surface area contributed by atoms with Crippen LogP contribution in [0.2, 0.25) is 0 Å². The Morgan fingerprint density at radius 1 is 1.73 bits per heavy atom. The van der Waals surface area contributed by atoms with Gasteiger partial charge in [0.15, 0.2) is 0 Å². The highest BCUT2D eigenvalue weighted by Crippen LogP contribution is 2.19. The maximum Gasteiger partial charge on any atom is 0.111 e. The van der Waals surface area contributed by atoms with Crippen LogP contribution in [0.25, 0.3) is 0 Å². The maximum atomic E-state index is 5.71. The maximum absolute atomic E-state index is 5.71. The van der Waals surface area contributed by atoms with Crippen molar-refractivity contribution >= 4 is 15.9 Å². The van der Waals surface area contributed by atoms with Crippen LogP contribution >= 0.6 is 15.9 Å². The second kappa shape index (κ2) is 3.64. The smallest absolute Gasteiger partial charge is 0.111 e. The fraction of sp³-hybridized carbons (Fsp3) is 0.125. The fourth-order valence-corrected chi connectivity index (χ4v) is 1.29. The molecule has 0 aliphatic heterocycles. The summed E-state index contributed by atoms with van der Waals surface area (Å²) in [4.78, 5) is 4.04. The van der Waals surface area contributed by atoms with Crippen LogP contribution in [-0.2, 0) is 0 Å². The van der Waals surface area contributed by atoms with Gasteiger partial charge in [0.2, 0.25) is 0 Å². The minimum atomic E-state index is -0.141. The number of halogens is 1. The van der Waals surface area contributed by atoms with Gasteiger partial charge in [-0.3, -0.25) is 0 Å². The van der Waals surface area contributed by atoms with E-state index < -0.39 is 0 Å². The molecule has 58 valence electrons. The first-order valence-electron chi connectivity index (χ1n) is 3.24. The molecule has 0 unspecified atom stereocenters. The summed E-state index contributed by atoms with van der Waals surface area (Å²) in [5.74, 6) is 0. The Morgan fingerprint density at radius 2 is 2.45 bits per heavy atom. The van der Waals surface area contributed by atoms with Crippen molar-refractivity contribution in [1.29, 1.82) is 0 Å². The Balaban J connectivity index is 3.02. The number of aromatic nitrogens is 1. The summed E-state index contributed by atoms with van der Waals surface area (Å²) in [6.45, 7) is 3.60. The molecule has 0 fully saturated rings. The van der Waals surface area contributed by atoms with E-state index in [0.717, 1.165) is 10.2 Å². The van der Waals surface area contributed by atoms with Gasteiger partial charge in [0.1, 0.15) is 4.60 Å². The number of nitrogens with zero attached hydrogens (tertiary/aromatic N) is 1. The molecule has 3 heteroatoms. The lowest BCUT2D eigenvalue weighted by Gasteiger charge is -2.06. The number of rotatable bonds is 2. The first kappa shape index (κ1) is 8.43. The zero-order valence-electron chi connectivity index (χ0n) is 6.00. The average Bonchev–Trinajstić information content (AvgIpc) is 2.04. The SMILES string of the molecule is C=C[C@@H](N)c1cccnc1Br. The van der Waals surface area contributed by atoms with Gasteiger partial charge in [-0.1, -0.05) is 12.1 Å². The van der Waals surface area contributed by atoms with Crippen molar-refractivity contribution in [3.63, 3.8) is 0 Å². The summed E-state index contributed by atoms with van der Waals surface area (Å²) in [7, 11) is 0. The van der Waals surface area contributed by atoms with Gasteiger partial charge in [0, 0.05) is 11.8 Å². The summed E-state index contributed by atoms with van der Waals surface area (Å²) in [6, 6.07) is 3.63. The Bertz CT molecular complexity index is 260. The van der Waals surface area contributed by atoms with E-state index in [0.29, 0.717) is 0 Å². The second-order valence-corrected chi connectivity index (χ2v) is 2.90. The van der Waals surface area contributed by atoms with Gasteiger partial charge in [-0.05, 0) is 22.0 Å². The van der Waals surface area contributed by atoms with Crippen molar-refractivity contribution in [3.8, 4) is 0 Å². The summed E-state index contributed by atoms with van der Waals surface area (Å²) in [5, 5.41) is 0. The third-order valence-electron chi connectivity index (χ3n) is 1.40. The Kier molecular flexibility index (Phi) is 2.79. The summed E-state index contributed by atoms with van der Waals surface area (Å²) >= 11 is 3.30. The quantitative estimate of drug-likeness (QED) is 0.603. The van der Waals surface area contributed by atoms with Crippen molar-refractivity contribution in [2.45, 2.75) is 6.04 Å². The lowest BCUT2D eigenvalue weighted by atomic mass is 10.1. The standard InChI is InChI=1S/C8H9BrN2/c1-2-7(10)6-4-3-5-11-8(6)9/h2-5,7H,1,10H2/t7-/m1/s1. The molecule has 11 heavy (non-hydrogen) atoms. The molecule has 0 aliphatic carbocycles. The molecule has 0 aromatic carbocycles. The van der Waals surface area contributed by atoms with E-state index in [1.54, 1.807) is 12.3 Å². The highest BCUT2D eigenvalue weighted by Gasteiger charge is 2.04. The van der Waals surface area contributed by atoms with E-state index in [9.17, 15) is 0 Å². The second-order valence-electron chi connectivity index (χ2n) is 2.14. The van der Waals surface area contributed by atoms with Crippen LogP contribution in [0.3, 0.4) is 0 Å². The molecule has 0 saturated carbocycles. The van der Waals surface area contributed by atoms with E-state index in [1.165, 1.54) is 0 Å². The monoisotopic (exact) mass is 212 g/mol. The lowest BCUT2D eigenvalue weighted by molar-refractivity contribution is 0.893. The molecule has 0 radical (unpaired) electrons. The normalized spacial score (nSPS) is 12.5. The molecular formula is C8H9BrN2. The van der Waals surface area contributed by atoms with Crippen LogP contribution in [-0.4, -0.2) is 4.98 Å². The topological polar surface area (TPSA) is 38.9 Å². The number of hydrogen-bond acceptors (Lipinski definition) is 2. The summed E-state index contributed by atoms with van der Waals surface area (Å²) in [5.41, 5.74) is 6.67. The van der Waals surface area contributed by atoms with Gasteiger partial charge in [-0.25, -0.2) is 4.98 Å². The zero-order chi connectivity index (χ0) is 8.27. The van der Waals surface area contributed by atoms with Crippen molar-refractivity contribution in [3.05, 3.63) is 41.2 Å². The molecule has 1 aromatic rings. The van der Waals surface area contributed by atoms with Crippen LogP contribution in [0, 0.1) is 0 Å². The molecule has 1 rings (SSSR count). The predicted octanol–water partition coefficient (Wildman–Crippen LogP) is 2.03. The molecule has 0 saturated heterocycles. The van der Waals surface area contributed by atoms with Crippen LogP contribution in [0.5, 0.6) is 0 Å². The van der Waals surface area contributed by atoms with Crippen LogP contribution in [0.1, 0.15) is 11.6 Å². The van der Waals surface area contributed by atoms with E-state index in [1.807, 2.05) is 12.1 Å². The summed E-state index contributed by atoms with van der Waals surface area (Å²) in [6.07, 6.45) is 3.39. The molecule has 0 bridgehead atoms. The summed E-state index contributed by atoms with van der Waals surface area (Å²) < 4.78 is 0.785. The molecule has 2 N–H and O–H groups in total. The van der Waals surface area contributed by atoms with Crippen molar-refractivity contribution in [2.24, 2.45) is 5.73 Å². The molecule has 1 atom stereocenters. The molecule has 1 aromatic heterocycles. The van der Waals surface area contributed by atoms with E-state index in [4.69, 9.17) is 5.73 Å². The lowest BCUT2D eigenvalue weighted by Crippen LogP contribution is -2.07. The van der Waals surface area contributed by atoms with Gasteiger partial charge in [-0.15, -0.1) is 6.58 Å². The first-order chi connectivity index (χ1) is 5.25. The molecule has 0 aliphatic rings. The highest BCUT2D eigenvalue weighted by atomic mass is 79.9. The van der Waals surface area contributed by atoms with E-state index >= 15 is 0 Å². The third kappa shape index (κ3) is 1.88. The fourth-order valence-electron chi connectivity index (χ4n) is 0.774. The highest BCUT2D eigenvalue weighted by molar-refractivity contribution is 9.10. The molecule has 0 amide bonds. The minimum absolute atomic E-state index is 0.141. The molecule has 0 spiro atoms. The molecular weight excluding hydrogens is 204 g/mol. The Morgan fingerprint density at radius 3 is 3.00 bits per heavy atom. The third-order valence-corrected chi connectivity index (χ3v) is 2.06. The minimum Gasteiger partial charge on any atom is -0.321 e. The van der Waals surface area contributed by atoms with E-state index in [-0.39, 0.29) is 6.04 Å². The predicted molar refractivity (Wildman–Crippen MR) is 49.1 cm³/mol. The Hall–Kier alpha value is -0.670. The van der Waals surface area contributed by atoms with Gasteiger partial charge in [0.05, 0.1) is 6.04 Å². The van der Waals surface area contributed by atoms with Crippen molar-refractivity contribution in [2.75, 3.05) is 0 Å². The van der Waals surface area contributed by atoms with Gasteiger partial charge in [0.25, 0.3) is 0 Å². The van der Waals surface area contributed by atoms with E-state index in [2.05, 4.69) is 27.5 Å². The molecule has 1 heterocycles. The van der Waals surface area contributed by atoms with Gasteiger partial charge < -0.3 is 5.73 Å². The largest absolute Gasteiger partial charge is 0.321 e.